The molecule has 1 amide bonds. The molecule has 2 heterocycles. The first-order chi connectivity index (χ1) is 11.6. The highest BCUT2D eigenvalue weighted by molar-refractivity contribution is 7.99. The number of hydrogen-bond acceptors (Lipinski definition) is 6. The van der Waals surface area contributed by atoms with Gasteiger partial charge in [0.25, 0.3) is 0 Å². The normalized spacial score (nSPS) is 10.8. The number of aromatic nitrogens is 3. The van der Waals surface area contributed by atoms with Gasteiger partial charge in [0.15, 0.2) is 5.82 Å². The molecule has 0 atom stereocenters. The minimum atomic E-state index is -0.490. The number of nitrogens with two attached hydrogens (primary N) is 1. The van der Waals surface area contributed by atoms with Crippen molar-refractivity contribution < 1.29 is 13.6 Å². The lowest BCUT2D eigenvalue weighted by molar-refractivity contribution is -0.113. The fourth-order valence-electron chi connectivity index (χ4n) is 2.06. The van der Waals surface area contributed by atoms with E-state index in [9.17, 15) is 9.18 Å². The number of halogens is 1. The molecule has 0 radical (unpaired) electrons. The van der Waals surface area contributed by atoms with Crippen LogP contribution in [-0.2, 0) is 4.79 Å². The largest absolute Gasteiger partial charge is 0.469 e. The third-order valence-corrected chi connectivity index (χ3v) is 4.19. The van der Waals surface area contributed by atoms with Gasteiger partial charge in [-0.3, -0.25) is 4.79 Å². The molecule has 2 aromatic heterocycles. The summed E-state index contributed by atoms with van der Waals surface area (Å²) in [6, 6.07) is 7.70. The summed E-state index contributed by atoms with van der Waals surface area (Å²) < 4.78 is 20.0. The quantitative estimate of drug-likeness (QED) is 0.543. The van der Waals surface area contributed by atoms with Crippen LogP contribution in [0.15, 0.2) is 46.2 Å². The van der Waals surface area contributed by atoms with Gasteiger partial charge in [0, 0.05) is 0 Å². The molecule has 3 aromatic rings. The minimum Gasteiger partial charge on any atom is -0.469 e. The van der Waals surface area contributed by atoms with Crippen molar-refractivity contribution >= 4 is 23.4 Å². The second-order valence-corrected chi connectivity index (χ2v) is 5.83. The summed E-state index contributed by atoms with van der Waals surface area (Å²) >= 11 is 1.10. The van der Waals surface area contributed by atoms with E-state index in [1.807, 2.05) is 0 Å². The van der Waals surface area contributed by atoms with Gasteiger partial charge >= 0.3 is 0 Å². The number of thioether (sulfide) groups is 1. The zero-order valence-electron chi connectivity index (χ0n) is 12.7. The third-order valence-electron chi connectivity index (χ3n) is 3.24. The molecule has 0 bridgehead atoms. The second-order valence-electron chi connectivity index (χ2n) is 4.88. The molecule has 0 saturated heterocycles. The Morgan fingerprint density at radius 2 is 2.17 bits per heavy atom. The lowest BCUT2D eigenvalue weighted by Gasteiger charge is -2.06. The number of nitrogens with one attached hydrogen (secondary N) is 1. The molecule has 24 heavy (non-hydrogen) atoms. The zero-order valence-corrected chi connectivity index (χ0v) is 13.5. The second kappa shape index (κ2) is 6.75. The van der Waals surface area contributed by atoms with Gasteiger partial charge in [0.2, 0.25) is 11.1 Å². The molecule has 0 aliphatic heterocycles. The Bertz CT molecular complexity index is 876. The number of carbonyl (C=O) groups is 1. The predicted molar refractivity (Wildman–Crippen MR) is 88.4 cm³/mol. The van der Waals surface area contributed by atoms with Crippen LogP contribution in [0, 0.1) is 12.7 Å². The number of nitrogen functional groups attached to an aromatic ring is 1. The molecule has 3 N–H and O–H groups in total. The SMILES string of the molecule is Cc1occc1-c1nnc(SCC(=O)Nc2ccccc2F)n1N. The highest BCUT2D eigenvalue weighted by atomic mass is 32.2. The van der Waals surface area contributed by atoms with Crippen LogP contribution >= 0.6 is 11.8 Å². The maximum Gasteiger partial charge on any atom is 0.234 e. The summed E-state index contributed by atoms with van der Waals surface area (Å²) in [4.78, 5) is 11.9. The Balaban J connectivity index is 1.65. The average molecular weight is 347 g/mol. The molecule has 0 aliphatic carbocycles. The fourth-order valence-corrected chi connectivity index (χ4v) is 2.71. The number of benzene rings is 1. The van der Waals surface area contributed by atoms with Crippen molar-refractivity contribution in [3.8, 4) is 11.4 Å². The third kappa shape index (κ3) is 3.25. The van der Waals surface area contributed by atoms with E-state index in [1.165, 1.54) is 23.1 Å². The molecular formula is C15H14FN5O2S. The molecular weight excluding hydrogens is 333 g/mol. The number of para-hydroxylation sites is 1. The van der Waals surface area contributed by atoms with Gasteiger partial charge in [-0.25, -0.2) is 9.07 Å². The van der Waals surface area contributed by atoms with Crippen LogP contribution in [0.4, 0.5) is 10.1 Å². The van der Waals surface area contributed by atoms with Gasteiger partial charge in [-0.2, -0.15) is 0 Å². The number of amides is 1. The van der Waals surface area contributed by atoms with Crippen molar-refractivity contribution in [1.29, 1.82) is 0 Å². The van der Waals surface area contributed by atoms with Crippen LogP contribution in [-0.4, -0.2) is 26.5 Å². The zero-order chi connectivity index (χ0) is 17.1. The van der Waals surface area contributed by atoms with E-state index in [0.29, 0.717) is 16.7 Å². The average Bonchev–Trinajstić information content (AvgIpc) is 3.13. The first-order valence-corrected chi connectivity index (χ1v) is 7.97. The molecule has 0 aliphatic rings. The van der Waals surface area contributed by atoms with Crippen LogP contribution in [0.5, 0.6) is 0 Å². The van der Waals surface area contributed by atoms with Crippen molar-refractivity contribution in [3.63, 3.8) is 0 Å². The van der Waals surface area contributed by atoms with Gasteiger partial charge < -0.3 is 15.6 Å². The van der Waals surface area contributed by atoms with Crippen LogP contribution in [0.3, 0.4) is 0 Å². The van der Waals surface area contributed by atoms with Crippen molar-refractivity contribution in [2.24, 2.45) is 0 Å². The molecule has 3 rings (SSSR count). The van der Waals surface area contributed by atoms with Crippen molar-refractivity contribution in [1.82, 2.24) is 14.9 Å². The highest BCUT2D eigenvalue weighted by Gasteiger charge is 2.16. The van der Waals surface area contributed by atoms with Crippen molar-refractivity contribution in [3.05, 3.63) is 48.2 Å². The number of aryl methyl sites for hydroxylation is 1. The maximum atomic E-state index is 13.5. The van der Waals surface area contributed by atoms with Crippen LogP contribution in [0.1, 0.15) is 5.76 Å². The number of rotatable bonds is 5. The Hall–Kier alpha value is -2.81. The predicted octanol–water partition coefficient (Wildman–Crippen LogP) is 2.43. The molecule has 7 nitrogen and oxygen atoms in total. The molecule has 9 heteroatoms. The molecule has 124 valence electrons. The molecule has 1 aromatic carbocycles. The van der Waals surface area contributed by atoms with Gasteiger partial charge in [0.05, 0.1) is 23.3 Å². The molecule has 0 unspecified atom stereocenters. The number of anilines is 1. The molecule has 0 spiro atoms. The summed E-state index contributed by atoms with van der Waals surface area (Å²) in [7, 11) is 0. The van der Waals surface area contributed by atoms with E-state index in [2.05, 4.69) is 15.5 Å². The first kappa shape index (κ1) is 16.1. The summed E-state index contributed by atoms with van der Waals surface area (Å²) in [5, 5.41) is 10.8. The lowest BCUT2D eigenvalue weighted by atomic mass is 10.2. The van der Waals surface area contributed by atoms with Gasteiger partial charge in [0.1, 0.15) is 11.6 Å². The highest BCUT2D eigenvalue weighted by Crippen LogP contribution is 2.25. The van der Waals surface area contributed by atoms with E-state index in [1.54, 1.807) is 25.1 Å². The van der Waals surface area contributed by atoms with Gasteiger partial charge in [-0.1, -0.05) is 23.9 Å². The molecule has 0 saturated carbocycles. The lowest BCUT2D eigenvalue weighted by Crippen LogP contribution is -2.17. The maximum absolute atomic E-state index is 13.5. The summed E-state index contributed by atoms with van der Waals surface area (Å²) in [6.07, 6.45) is 1.54. The van der Waals surface area contributed by atoms with Gasteiger partial charge in [-0.15, -0.1) is 10.2 Å². The van der Waals surface area contributed by atoms with Crippen LogP contribution < -0.4 is 11.2 Å². The molecule has 0 fully saturated rings. The van der Waals surface area contributed by atoms with E-state index in [-0.39, 0.29) is 17.3 Å². The first-order valence-electron chi connectivity index (χ1n) is 6.98. The smallest absolute Gasteiger partial charge is 0.234 e. The van der Waals surface area contributed by atoms with Gasteiger partial charge in [-0.05, 0) is 25.1 Å². The number of furan rings is 1. The Morgan fingerprint density at radius 1 is 1.38 bits per heavy atom. The standard InChI is InChI=1S/C15H14FN5O2S/c1-9-10(6-7-23-9)14-19-20-15(21(14)17)24-8-13(22)18-12-5-3-2-4-11(12)16/h2-7H,8,17H2,1H3,(H,18,22). The van der Waals surface area contributed by atoms with E-state index in [0.717, 1.165) is 17.3 Å². The Morgan fingerprint density at radius 3 is 2.88 bits per heavy atom. The topological polar surface area (TPSA) is 99.0 Å². The summed E-state index contributed by atoms with van der Waals surface area (Å²) in [5.41, 5.74) is 0.861. The van der Waals surface area contributed by atoms with E-state index >= 15 is 0 Å². The Kier molecular flexibility index (Phi) is 4.52. The van der Waals surface area contributed by atoms with E-state index < -0.39 is 5.82 Å². The van der Waals surface area contributed by atoms with E-state index in [4.69, 9.17) is 10.3 Å². The number of nitrogens with zero attached hydrogens (tertiary/aromatic N) is 3. The number of hydrogen-bond donors (Lipinski definition) is 2. The summed E-state index contributed by atoms with van der Waals surface area (Å²) in [5.74, 6) is 6.24. The van der Waals surface area contributed by atoms with Crippen molar-refractivity contribution in [2.45, 2.75) is 12.1 Å². The Labute approximate surface area is 141 Å². The van der Waals surface area contributed by atoms with Crippen LogP contribution in [0.2, 0.25) is 0 Å². The minimum absolute atomic E-state index is 0.0219. The number of carbonyl (C=O) groups excluding carboxylic acids is 1. The monoisotopic (exact) mass is 347 g/mol. The fraction of sp³-hybridized carbons (Fsp3) is 0.133. The van der Waals surface area contributed by atoms with Crippen molar-refractivity contribution in [2.75, 3.05) is 16.9 Å². The summed E-state index contributed by atoms with van der Waals surface area (Å²) in [6.45, 7) is 1.79. The van der Waals surface area contributed by atoms with Crippen LogP contribution in [0.25, 0.3) is 11.4 Å².